The summed E-state index contributed by atoms with van der Waals surface area (Å²) in [5, 5.41) is 19.7. The zero-order valence-electron chi connectivity index (χ0n) is 9.72. The van der Waals surface area contributed by atoms with Crippen molar-refractivity contribution in [1.29, 1.82) is 0 Å². The van der Waals surface area contributed by atoms with E-state index in [9.17, 15) is 13.2 Å². The molecule has 0 saturated carbocycles. The van der Waals surface area contributed by atoms with Crippen LogP contribution in [0.5, 0.6) is 0 Å². The molecule has 9 heteroatoms. The molecule has 0 fully saturated rings. The van der Waals surface area contributed by atoms with Crippen LogP contribution in [0.15, 0.2) is 28.3 Å². The first-order chi connectivity index (χ1) is 8.91. The SMILES string of the molecule is Cn1nnnc1Sc1ccc(CO)cc1C(F)(F)F. The van der Waals surface area contributed by atoms with Gasteiger partial charge in [0.2, 0.25) is 5.16 Å². The number of aliphatic hydroxyl groups excluding tert-OH is 1. The third-order valence-corrected chi connectivity index (χ3v) is 3.42. The van der Waals surface area contributed by atoms with Gasteiger partial charge in [0.15, 0.2) is 0 Å². The third-order valence-electron chi connectivity index (χ3n) is 2.31. The average molecular weight is 290 g/mol. The van der Waals surface area contributed by atoms with Crippen LogP contribution in [0, 0.1) is 0 Å². The van der Waals surface area contributed by atoms with E-state index >= 15 is 0 Å². The van der Waals surface area contributed by atoms with E-state index in [0.29, 0.717) is 0 Å². The first-order valence-electron chi connectivity index (χ1n) is 5.13. The fourth-order valence-corrected chi connectivity index (χ4v) is 2.26. The second-order valence-electron chi connectivity index (χ2n) is 3.67. The van der Waals surface area contributed by atoms with E-state index in [1.807, 2.05) is 0 Å². The standard InChI is InChI=1S/C10H9F3N4OS/c1-17-9(14-15-16-17)19-8-3-2-6(5-18)4-7(8)10(11,12)13/h2-4,18H,5H2,1H3. The molecule has 0 aliphatic carbocycles. The lowest BCUT2D eigenvalue weighted by molar-refractivity contribution is -0.139. The Bertz CT molecular complexity index is 584. The molecule has 0 saturated heterocycles. The minimum atomic E-state index is -4.50. The fourth-order valence-electron chi connectivity index (χ4n) is 1.39. The summed E-state index contributed by atoms with van der Waals surface area (Å²) in [6, 6.07) is 3.65. The van der Waals surface area contributed by atoms with Gasteiger partial charge in [0.05, 0.1) is 12.2 Å². The molecule has 2 rings (SSSR count). The molecule has 1 heterocycles. The van der Waals surface area contributed by atoms with Crippen LogP contribution >= 0.6 is 11.8 Å². The molecule has 0 aliphatic rings. The predicted molar refractivity (Wildman–Crippen MR) is 60.3 cm³/mol. The van der Waals surface area contributed by atoms with Gasteiger partial charge >= 0.3 is 6.18 Å². The Morgan fingerprint density at radius 2 is 2.11 bits per heavy atom. The quantitative estimate of drug-likeness (QED) is 0.935. The van der Waals surface area contributed by atoms with Crippen LogP contribution in [0.25, 0.3) is 0 Å². The van der Waals surface area contributed by atoms with Crippen LogP contribution in [0.4, 0.5) is 13.2 Å². The van der Waals surface area contributed by atoms with Crippen LogP contribution in [0.3, 0.4) is 0 Å². The van der Waals surface area contributed by atoms with Gasteiger partial charge in [0, 0.05) is 11.9 Å². The zero-order chi connectivity index (χ0) is 14.0. The number of tetrazole rings is 1. The van der Waals surface area contributed by atoms with Crippen molar-refractivity contribution in [3.8, 4) is 0 Å². The third kappa shape index (κ3) is 3.04. The molecule has 1 aromatic heterocycles. The highest BCUT2D eigenvalue weighted by atomic mass is 32.2. The number of alkyl halides is 3. The number of hydrogen-bond acceptors (Lipinski definition) is 5. The summed E-state index contributed by atoms with van der Waals surface area (Å²) in [6.07, 6.45) is -4.50. The lowest BCUT2D eigenvalue weighted by atomic mass is 10.1. The van der Waals surface area contributed by atoms with Gasteiger partial charge in [-0.2, -0.15) is 13.2 Å². The van der Waals surface area contributed by atoms with E-state index in [1.165, 1.54) is 23.9 Å². The predicted octanol–water partition coefficient (Wildman–Crippen LogP) is 1.87. The molecular weight excluding hydrogens is 281 g/mol. The number of halogens is 3. The Labute approximate surface area is 110 Å². The maximum absolute atomic E-state index is 12.9. The van der Waals surface area contributed by atoms with E-state index < -0.39 is 18.3 Å². The Hall–Kier alpha value is -1.61. The number of aromatic nitrogens is 4. The summed E-state index contributed by atoms with van der Waals surface area (Å²) in [4.78, 5) is -0.0115. The van der Waals surface area contributed by atoms with Gasteiger partial charge in [-0.3, -0.25) is 0 Å². The Morgan fingerprint density at radius 3 is 2.63 bits per heavy atom. The van der Waals surface area contributed by atoms with Crippen molar-refractivity contribution in [3.63, 3.8) is 0 Å². The van der Waals surface area contributed by atoms with Crippen molar-refractivity contribution in [2.45, 2.75) is 22.8 Å². The van der Waals surface area contributed by atoms with Crippen LogP contribution in [-0.4, -0.2) is 25.3 Å². The van der Waals surface area contributed by atoms with E-state index in [4.69, 9.17) is 5.11 Å². The zero-order valence-corrected chi connectivity index (χ0v) is 10.5. The van der Waals surface area contributed by atoms with Gasteiger partial charge in [-0.25, -0.2) is 4.68 Å². The molecule has 102 valence electrons. The molecule has 0 aliphatic heterocycles. The summed E-state index contributed by atoms with van der Waals surface area (Å²) in [5.41, 5.74) is -0.611. The molecule has 19 heavy (non-hydrogen) atoms. The summed E-state index contributed by atoms with van der Waals surface area (Å²) in [5.74, 6) is 0. The average Bonchev–Trinajstić information content (AvgIpc) is 2.74. The fraction of sp³-hybridized carbons (Fsp3) is 0.300. The molecule has 0 radical (unpaired) electrons. The number of benzene rings is 1. The van der Waals surface area contributed by atoms with Crippen molar-refractivity contribution >= 4 is 11.8 Å². The van der Waals surface area contributed by atoms with Crippen LogP contribution in [0.2, 0.25) is 0 Å². The molecule has 0 amide bonds. The number of nitrogens with zero attached hydrogens (tertiary/aromatic N) is 4. The summed E-state index contributed by atoms with van der Waals surface area (Å²) in [6.45, 7) is -0.445. The number of rotatable bonds is 3. The molecule has 0 unspecified atom stereocenters. The molecule has 2 aromatic rings. The molecular formula is C10H9F3N4OS. The first-order valence-corrected chi connectivity index (χ1v) is 5.94. The van der Waals surface area contributed by atoms with Crippen molar-refractivity contribution in [1.82, 2.24) is 20.2 Å². The van der Waals surface area contributed by atoms with E-state index in [1.54, 1.807) is 0 Å². The summed E-state index contributed by atoms with van der Waals surface area (Å²) in [7, 11) is 1.54. The van der Waals surface area contributed by atoms with Gasteiger partial charge in [-0.05, 0) is 39.9 Å². The minimum Gasteiger partial charge on any atom is -0.392 e. The molecule has 5 nitrogen and oxygen atoms in total. The smallest absolute Gasteiger partial charge is 0.392 e. The number of hydrogen-bond donors (Lipinski definition) is 1. The maximum atomic E-state index is 12.9. The van der Waals surface area contributed by atoms with Crippen molar-refractivity contribution in [2.75, 3.05) is 0 Å². The highest BCUT2D eigenvalue weighted by molar-refractivity contribution is 7.99. The molecule has 0 atom stereocenters. The second kappa shape index (κ2) is 5.17. The Balaban J connectivity index is 2.42. The van der Waals surface area contributed by atoms with Crippen LogP contribution in [-0.2, 0) is 19.8 Å². The van der Waals surface area contributed by atoms with E-state index in [2.05, 4.69) is 15.5 Å². The van der Waals surface area contributed by atoms with Crippen molar-refractivity contribution in [2.24, 2.45) is 7.05 Å². The van der Waals surface area contributed by atoms with Gasteiger partial charge in [-0.1, -0.05) is 6.07 Å². The highest BCUT2D eigenvalue weighted by Crippen LogP contribution is 2.39. The second-order valence-corrected chi connectivity index (χ2v) is 4.68. The van der Waals surface area contributed by atoms with E-state index in [0.717, 1.165) is 17.8 Å². The molecule has 1 N–H and O–H groups in total. The van der Waals surface area contributed by atoms with Crippen molar-refractivity contribution < 1.29 is 18.3 Å². The number of aliphatic hydroxyl groups is 1. The molecule has 1 aromatic carbocycles. The van der Waals surface area contributed by atoms with Gasteiger partial charge < -0.3 is 5.11 Å². The lowest BCUT2D eigenvalue weighted by Crippen LogP contribution is -2.08. The lowest BCUT2D eigenvalue weighted by Gasteiger charge is -2.12. The first kappa shape index (κ1) is 13.8. The van der Waals surface area contributed by atoms with Crippen LogP contribution < -0.4 is 0 Å². The normalized spacial score (nSPS) is 11.8. The molecule has 0 bridgehead atoms. The van der Waals surface area contributed by atoms with Gasteiger partial charge in [0.25, 0.3) is 0 Å². The Morgan fingerprint density at radius 1 is 1.37 bits per heavy atom. The Kier molecular flexibility index (Phi) is 3.76. The summed E-state index contributed by atoms with van der Waals surface area (Å²) < 4.78 is 40.1. The topological polar surface area (TPSA) is 63.8 Å². The molecule has 0 spiro atoms. The van der Waals surface area contributed by atoms with Crippen LogP contribution in [0.1, 0.15) is 11.1 Å². The van der Waals surface area contributed by atoms with E-state index in [-0.39, 0.29) is 15.6 Å². The summed E-state index contributed by atoms with van der Waals surface area (Å²) >= 11 is 0.819. The maximum Gasteiger partial charge on any atom is 0.417 e. The van der Waals surface area contributed by atoms with Gasteiger partial charge in [0.1, 0.15) is 0 Å². The monoisotopic (exact) mass is 290 g/mol. The minimum absolute atomic E-state index is 0.0115. The highest BCUT2D eigenvalue weighted by Gasteiger charge is 2.34. The van der Waals surface area contributed by atoms with Crippen molar-refractivity contribution in [3.05, 3.63) is 29.3 Å². The van der Waals surface area contributed by atoms with Gasteiger partial charge in [-0.15, -0.1) is 5.10 Å². The number of aryl methyl sites for hydroxylation is 1. The largest absolute Gasteiger partial charge is 0.417 e.